The Bertz CT molecular complexity index is 1190. The number of nitriles is 1. The SMILES string of the molecule is CC(C)(Oc1ccc(CCN(Cc2ccc(C(F)(F)F)cc2)c2ncc(C#N)cn2)cc1)C(=O)O. The molecule has 0 aliphatic rings. The van der Waals surface area contributed by atoms with Crippen LogP contribution in [0, 0.1) is 11.3 Å². The molecule has 0 amide bonds. The Hall–Kier alpha value is -4.13. The van der Waals surface area contributed by atoms with Gasteiger partial charge in [-0.25, -0.2) is 14.8 Å². The molecule has 10 heteroatoms. The molecule has 0 aliphatic carbocycles. The van der Waals surface area contributed by atoms with E-state index in [1.54, 1.807) is 12.1 Å². The van der Waals surface area contributed by atoms with E-state index in [1.807, 2.05) is 23.1 Å². The first kappa shape index (κ1) is 25.5. The van der Waals surface area contributed by atoms with E-state index in [2.05, 4.69) is 9.97 Å². The van der Waals surface area contributed by atoms with Crippen LogP contribution >= 0.6 is 0 Å². The summed E-state index contributed by atoms with van der Waals surface area (Å²) in [7, 11) is 0. The molecule has 1 N–H and O–H groups in total. The van der Waals surface area contributed by atoms with Gasteiger partial charge in [-0.05, 0) is 55.7 Å². The third-order valence-corrected chi connectivity index (χ3v) is 5.19. The molecular formula is C25H23F3N4O3. The van der Waals surface area contributed by atoms with Gasteiger partial charge in [0.05, 0.1) is 23.5 Å². The van der Waals surface area contributed by atoms with Gasteiger partial charge in [-0.15, -0.1) is 0 Å². The fourth-order valence-corrected chi connectivity index (χ4v) is 3.14. The fraction of sp³-hybridized carbons (Fsp3) is 0.280. The van der Waals surface area contributed by atoms with Crippen molar-refractivity contribution >= 4 is 11.9 Å². The third-order valence-electron chi connectivity index (χ3n) is 5.19. The summed E-state index contributed by atoms with van der Waals surface area (Å²) in [6.45, 7) is 3.62. The van der Waals surface area contributed by atoms with Crippen LogP contribution in [0.4, 0.5) is 19.1 Å². The van der Waals surface area contributed by atoms with Crippen LogP contribution in [0.2, 0.25) is 0 Å². The summed E-state index contributed by atoms with van der Waals surface area (Å²) in [5.41, 5.74) is -0.228. The number of ether oxygens (including phenoxy) is 1. The summed E-state index contributed by atoms with van der Waals surface area (Å²) in [5.74, 6) is -0.326. The number of hydrogen-bond acceptors (Lipinski definition) is 6. The van der Waals surface area contributed by atoms with Gasteiger partial charge in [0.2, 0.25) is 5.95 Å². The van der Waals surface area contributed by atoms with Crippen molar-refractivity contribution in [1.82, 2.24) is 9.97 Å². The van der Waals surface area contributed by atoms with Crippen molar-refractivity contribution < 1.29 is 27.8 Å². The molecule has 3 rings (SSSR count). The number of halogens is 3. The van der Waals surface area contributed by atoms with Gasteiger partial charge in [0.25, 0.3) is 0 Å². The monoisotopic (exact) mass is 484 g/mol. The van der Waals surface area contributed by atoms with Gasteiger partial charge in [-0.3, -0.25) is 0 Å². The molecule has 0 saturated carbocycles. The van der Waals surface area contributed by atoms with Crippen LogP contribution in [0.25, 0.3) is 0 Å². The number of aliphatic carboxylic acids is 1. The minimum Gasteiger partial charge on any atom is -0.478 e. The molecule has 2 aromatic carbocycles. The Kier molecular flexibility index (Phi) is 7.59. The molecule has 0 saturated heterocycles. The molecule has 1 heterocycles. The lowest BCUT2D eigenvalue weighted by molar-refractivity contribution is -0.152. The summed E-state index contributed by atoms with van der Waals surface area (Å²) in [5, 5.41) is 18.2. The van der Waals surface area contributed by atoms with Crippen LogP contribution in [0.15, 0.2) is 60.9 Å². The molecule has 0 radical (unpaired) electrons. The van der Waals surface area contributed by atoms with E-state index in [-0.39, 0.29) is 6.54 Å². The van der Waals surface area contributed by atoms with Gasteiger partial charge in [0, 0.05) is 13.1 Å². The second-order valence-corrected chi connectivity index (χ2v) is 8.31. The first-order chi connectivity index (χ1) is 16.5. The molecule has 0 spiro atoms. The molecule has 3 aromatic rings. The van der Waals surface area contributed by atoms with E-state index in [9.17, 15) is 23.1 Å². The van der Waals surface area contributed by atoms with Crippen molar-refractivity contribution in [3.05, 3.63) is 83.2 Å². The lowest BCUT2D eigenvalue weighted by atomic mass is 10.1. The largest absolute Gasteiger partial charge is 0.478 e. The predicted molar refractivity (Wildman–Crippen MR) is 122 cm³/mol. The molecule has 7 nitrogen and oxygen atoms in total. The lowest BCUT2D eigenvalue weighted by Gasteiger charge is -2.23. The average molecular weight is 484 g/mol. The summed E-state index contributed by atoms with van der Waals surface area (Å²) in [6.07, 6.45) is -1.09. The van der Waals surface area contributed by atoms with E-state index in [4.69, 9.17) is 10.00 Å². The number of carbonyl (C=O) groups is 1. The minimum atomic E-state index is -4.41. The zero-order valence-electron chi connectivity index (χ0n) is 19.1. The van der Waals surface area contributed by atoms with Crippen molar-refractivity contribution in [3.63, 3.8) is 0 Å². The highest BCUT2D eigenvalue weighted by molar-refractivity contribution is 5.76. The van der Waals surface area contributed by atoms with Gasteiger partial charge < -0.3 is 14.7 Å². The van der Waals surface area contributed by atoms with Crippen LogP contribution in [0.1, 0.15) is 36.1 Å². The van der Waals surface area contributed by atoms with Crippen LogP contribution in [-0.4, -0.2) is 33.2 Å². The first-order valence-corrected chi connectivity index (χ1v) is 10.6. The van der Waals surface area contributed by atoms with Crippen molar-refractivity contribution in [2.45, 2.75) is 38.6 Å². The number of benzene rings is 2. The Morgan fingerprint density at radius 3 is 2.11 bits per heavy atom. The van der Waals surface area contributed by atoms with E-state index < -0.39 is 23.3 Å². The zero-order chi connectivity index (χ0) is 25.6. The van der Waals surface area contributed by atoms with Crippen molar-refractivity contribution in [1.29, 1.82) is 5.26 Å². The maximum Gasteiger partial charge on any atom is 0.416 e. The molecule has 182 valence electrons. The van der Waals surface area contributed by atoms with Crippen LogP contribution in [-0.2, 0) is 23.9 Å². The van der Waals surface area contributed by atoms with Gasteiger partial charge in [0.15, 0.2) is 5.60 Å². The van der Waals surface area contributed by atoms with Gasteiger partial charge in [0.1, 0.15) is 11.8 Å². The molecule has 0 bridgehead atoms. The highest BCUT2D eigenvalue weighted by atomic mass is 19.4. The molecule has 0 aliphatic heterocycles. The fourth-order valence-electron chi connectivity index (χ4n) is 3.14. The molecule has 0 atom stereocenters. The Morgan fingerprint density at radius 1 is 1.03 bits per heavy atom. The number of alkyl halides is 3. The Balaban J connectivity index is 1.74. The molecule has 0 fully saturated rings. The number of hydrogen-bond donors (Lipinski definition) is 1. The summed E-state index contributed by atoms with van der Waals surface area (Å²) >= 11 is 0. The van der Waals surface area contributed by atoms with Gasteiger partial charge >= 0.3 is 12.1 Å². The molecule has 0 unspecified atom stereocenters. The van der Waals surface area contributed by atoms with E-state index in [0.29, 0.717) is 35.8 Å². The number of carboxylic acids is 1. The van der Waals surface area contributed by atoms with Gasteiger partial charge in [-0.1, -0.05) is 24.3 Å². The molecular weight excluding hydrogens is 461 g/mol. The number of nitrogens with zero attached hydrogens (tertiary/aromatic N) is 4. The van der Waals surface area contributed by atoms with Crippen LogP contribution < -0.4 is 9.64 Å². The lowest BCUT2D eigenvalue weighted by Crippen LogP contribution is -2.37. The maximum atomic E-state index is 12.9. The van der Waals surface area contributed by atoms with E-state index >= 15 is 0 Å². The smallest absolute Gasteiger partial charge is 0.416 e. The summed E-state index contributed by atoms with van der Waals surface area (Å²) in [6, 6.07) is 13.8. The standard InChI is InChI=1S/C25H23F3N4O3/c1-24(2,22(33)34)35-21-9-5-17(6-10-21)11-12-32(23-30-14-19(13-29)15-31-23)16-18-3-7-20(8-4-18)25(26,27)28/h3-10,14-15H,11-12,16H2,1-2H3,(H,33,34). The second kappa shape index (κ2) is 10.4. The predicted octanol–water partition coefficient (Wildman–Crippen LogP) is 4.86. The highest BCUT2D eigenvalue weighted by Crippen LogP contribution is 2.29. The van der Waals surface area contributed by atoms with E-state index in [0.717, 1.165) is 17.7 Å². The number of carboxylic acid groups (broad SMARTS) is 1. The highest BCUT2D eigenvalue weighted by Gasteiger charge is 2.30. The summed E-state index contributed by atoms with van der Waals surface area (Å²) < 4.78 is 44.2. The normalized spacial score (nSPS) is 11.5. The third kappa shape index (κ3) is 6.93. The average Bonchev–Trinajstić information content (AvgIpc) is 2.82. The number of anilines is 1. The topological polar surface area (TPSA) is 99.3 Å². The number of rotatable bonds is 9. The Labute approximate surface area is 200 Å². The number of aromatic nitrogens is 2. The van der Waals surface area contributed by atoms with Crippen LogP contribution in [0.3, 0.4) is 0 Å². The minimum absolute atomic E-state index is 0.262. The maximum absolute atomic E-state index is 12.9. The molecule has 35 heavy (non-hydrogen) atoms. The first-order valence-electron chi connectivity index (χ1n) is 10.6. The quantitative estimate of drug-likeness (QED) is 0.463. The van der Waals surface area contributed by atoms with Crippen molar-refractivity contribution in [2.24, 2.45) is 0 Å². The van der Waals surface area contributed by atoms with Crippen LogP contribution in [0.5, 0.6) is 5.75 Å². The Morgan fingerprint density at radius 2 is 1.60 bits per heavy atom. The molecule has 1 aromatic heterocycles. The van der Waals surface area contributed by atoms with Gasteiger partial charge in [-0.2, -0.15) is 18.4 Å². The summed E-state index contributed by atoms with van der Waals surface area (Å²) in [4.78, 5) is 21.5. The second-order valence-electron chi connectivity index (χ2n) is 8.31. The van der Waals surface area contributed by atoms with Crippen molar-refractivity contribution in [2.75, 3.05) is 11.4 Å². The van der Waals surface area contributed by atoms with E-state index in [1.165, 1.54) is 38.4 Å². The zero-order valence-corrected chi connectivity index (χ0v) is 19.1. The van der Waals surface area contributed by atoms with Crippen molar-refractivity contribution in [3.8, 4) is 11.8 Å².